The maximum Gasteiger partial charge on any atom is 0.313 e. The number of halogens is 1. The minimum atomic E-state index is -1.48. The van der Waals surface area contributed by atoms with Crippen molar-refractivity contribution < 1.29 is 33.8 Å². The van der Waals surface area contributed by atoms with E-state index in [2.05, 4.69) is 9.68 Å². The molecule has 0 aliphatic heterocycles. The Morgan fingerprint density at radius 1 is 1.07 bits per heavy atom. The van der Waals surface area contributed by atoms with Crippen LogP contribution in [0.4, 0.5) is 4.39 Å². The summed E-state index contributed by atoms with van der Waals surface area (Å²) in [5.74, 6) is -2.22. The fraction of sp³-hybridized carbons (Fsp3) is 0.278. The van der Waals surface area contributed by atoms with Crippen molar-refractivity contribution in [3.63, 3.8) is 0 Å². The van der Waals surface area contributed by atoms with Crippen molar-refractivity contribution in [1.82, 2.24) is 0 Å². The molecule has 0 N–H and O–H groups in total. The van der Waals surface area contributed by atoms with Crippen molar-refractivity contribution in [2.75, 3.05) is 13.2 Å². The lowest BCUT2D eigenvalue weighted by Crippen LogP contribution is -2.31. The van der Waals surface area contributed by atoms with E-state index in [4.69, 9.17) is 4.74 Å². The van der Waals surface area contributed by atoms with Crippen molar-refractivity contribution in [3.05, 3.63) is 80.1 Å². The van der Waals surface area contributed by atoms with Gasteiger partial charge in [-0.1, -0.05) is 42.5 Å². The molecule has 0 aliphatic rings. The van der Waals surface area contributed by atoms with Gasteiger partial charge in [0.1, 0.15) is 19.0 Å². The minimum absolute atomic E-state index is 0.334. The lowest BCUT2D eigenvalue weighted by atomic mass is 9.97. The van der Waals surface area contributed by atoms with E-state index in [1.165, 1.54) is 19.1 Å². The maximum absolute atomic E-state index is 14.5. The molecule has 0 amide bonds. The molecule has 29 heavy (non-hydrogen) atoms. The summed E-state index contributed by atoms with van der Waals surface area (Å²) in [6.07, 6.45) is -1.48. The summed E-state index contributed by atoms with van der Waals surface area (Å²) in [6, 6.07) is 13.2. The highest BCUT2D eigenvalue weighted by Gasteiger charge is 2.23. The van der Waals surface area contributed by atoms with Crippen LogP contribution in [0.15, 0.2) is 48.5 Å². The molecule has 0 aliphatic carbocycles. The monoisotopic (exact) mass is 408 g/mol. The van der Waals surface area contributed by atoms with Gasteiger partial charge in [0.15, 0.2) is 6.10 Å². The zero-order valence-corrected chi connectivity index (χ0v) is 15.2. The standard InChI is InChI=1S/C18H17FN2O8/c1-12(18(22)27-10-15(29-21(25)26)11-28-20(23)24)14-7-8-16(17(19)9-14)13-5-3-2-4-6-13/h2-9,12,15H,10-11H2,1H3. The van der Waals surface area contributed by atoms with Crippen molar-refractivity contribution >= 4 is 5.97 Å². The molecular formula is C18H17FN2O8. The van der Waals surface area contributed by atoms with E-state index in [0.29, 0.717) is 16.7 Å². The van der Waals surface area contributed by atoms with E-state index in [-0.39, 0.29) is 0 Å². The van der Waals surface area contributed by atoms with Gasteiger partial charge in [0.2, 0.25) is 0 Å². The molecule has 2 aromatic carbocycles. The van der Waals surface area contributed by atoms with Crippen LogP contribution in [0, 0.1) is 26.0 Å². The molecule has 0 spiro atoms. The number of benzene rings is 2. The van der Waals surface area contributed by atoms with Crippen LogP contribution in [0.2, 0.25) is 0 Å². The molecule has 154 valence electrons. The highest BCUT2D eigenvalue weighted by atomic mass is 19.1. The summed E-state index contributed by atoms with van der Waals surface area (Å²) >= 11 is 0. The maximum atomic E-state index is 14.5. The lowest BCUT2D eigenvalue weighted by molar-refractivity contribution is -0.790. The Morgan fingerprint density at radius 2 is 1.76 bits per heavy atom. The van der Waals surface area contributed by atoms with E-state index >= 15 is 0 Å². The number of rotatable bonds is 10. The number of hydrogen-bond donors (Lipinski definition) is 0. The average molecular weight is 408 g/mol. The Kier molecular flexibility index (Phi) is 7.40. The highest BCUT2D eigenvalue weighted by molar-refractivity contribution is 5.78. The van der Waals surface area contributed by atoms with Gasteiger partial charge in [-0.2, -0.15) is 0 Å². The van der Waals surface area contributed by atoms with Crippen LogP contribution in [0.1, 0.15) is 18.4 Å². The van der Waals surface area contributed by atoms with Crippen molar-refractivity contribution in [2.24, 2.45) is 0 Å². The third kappa shape index (κ3) is 6.41. The van der Waals surface area contributed by atoms with E-state index in [0.717, 1.165) is 0 Å². The number of hydrogen-bond acceptors (Lipinski definition) is 8. The predicted octanol–water partition coefficient (Wildman–Crippen LogP) is 2.92. The quantitative estimate of drug-likeness (QED) is 0.333. The number of esters is 1. The third-order valence-electron chi connectivity index (χ3n) is 3.94. The molecule has 0 saturated heterocycles. The van der Waals surface area contributed by atoms with Crippen molar-refractivity contribution in [1.29, 1.82) is 0 Å². The van der Waals surface area contributed by atoms with Gasteiger partial charge in [-0.15, -0.1) is 20.2 Å². The summed E-state index contributed by atoms with van der Waals surface area (Å²) in [4.78, 5) is 41.0. The van der Waals surface area contributed by atoms with Crippen LogP contribution >= 0.6 is 0 Å². The van der Waals surface area contributed by atoms with E-state index in [1.54, 1.807) is 36.4 Å². The zero-order chi connectivity index (χ0) is 21.4. The SMILES string of the molecule is CC(C(=O)OCC(CO[N+](=O)[O-])O[N+](=O)[O-])c1ccc(-c2ccccc2)c(F)c1. The second-order valence-corrected chi connectivity index (χ2v) is 5.93. The van der Waals surface area contributed by atoms with Crippen molar-refractivity contribution in [3.8, 4) is 11.1 Å². The Hall–Kier alpha value is -3.76. The lowest BCUT2D eigenvalue weighted by Gasteiger charge is -2.17. The van der Waals surface area contributed by atoms with Gasteiger partial charge in [0.05, 0.1) is 5.92 Å². The van der Waals surface area contributed by atoms with Gasteiger partial charge in [0.25, 0.3) is 10.2 Å². The largest absolute Gasteiger partial charge is 0.463 e. The van der Waals surface area contributed by atoms with Crippen LogP contribution in [-0.4, -0.2) is 35.5 Å². The highest BCUT2D eigenvalue weighted by Crippen LogP contribution is 2.26. The number of nitrogens with zero attached hydrogens (tertiary/aromatic N) is 2. The van der Waals surface area contributed by atoms with E-state index in [9.17, 15) is 29.4 Å². The molecular weight excluding hydrogens is 391 g/mol. The molecule has 11 heteroatoms. The smallest absolute Gasteiger partial charge is 0.313 e. The topological polar surface area (TPSA) is 131 Å². The van der Waals surface area contributed by atoms with Crippen LogP contribution < -0.4 is 0 Å². The molecule has 0 fully saturated rings. The molecule has 2 aromatic rings. The second-order valence-electron chi connectivity index (χ2n) is 5.93. The fourth-order valence-electron chi connectivity index (χ4n) is 2.46. The normalized spacial score (nSPS) is 12.5. The van der Waals surface area contributed by atoms with Crippen molar-refractivity contribution in [2.45, 2.75) is 18.9 Å². The van der Waals surface area contributed by atoms with Gasteiger partial charge in [-0.3, -0.25) is 4.79 Å². The first-order chi connectivity index (χ1) is 13.8. The molecule has 2 rings (SSSR count). The number of ether oxygens (including phenoxy) is 1. The second kappa shape index (κ2) is 9.97. The molecule has 0 bridgehead atoms. The van der Waals surface area contributed by atoms with Crippen LogP contribution in [-0.2, 0) is 19.2 Å². The average Bonchev–Trinajstić information content (AvgIpc) is 2.69. The summed E-state index contributed by atoms with van der Waals surface area (Å²) in [6.45, 7) is 0.0226. The summed E-state index contributed by atoms with van der Waals surface area (Å²) < 4.78 is 19.4. The van der Waals surface area contributed by atoms with Gasteiger partial charge in [-0.25, -0.2) is 4.39 Å². The number of carbonyl (C=O) groups is 1. The Bertz CT molecular complexity index is 877. The summed E-state index contributed by atoms with van der Waals surface area (Å²) in [5, 5.41) is 18.3. The van der Waals surface area contributed by atoms with Gasteiger partial charge in [-0.05, 0) is 24.1 Å². The van der Waals surface area contributed by atoms with Crippen LogP contribution in [0.5, 0.6) is 0 Å². The minimum Gasteiger partial charge on any atom is -0.463 e. The molecule has 0 aromatic heterocycles. The Balaban J connectivity index is 2.02. The zero-order valence-electron chi connectivity index (χ0n) is 15.2. The molecule has 0 saturated carbocycles. The molecule has 2 atom stereocenters. The van der Waals surface area contributed by atoms with Gasteiger partial charge < -0.3 is 14.4 Å². The van der Waals surface area contributed by atoms with Crippen LogP contribution in [0.25, 0.3) is 11.1 Å². The van der Waals surface area contributed by atoms with E-state index in [1.807, 2.05) is 0 Å². The first-order valence-electron chi connectivity index (χ1n) is 8.38. The molecule has 2 unspecified atom stereocenters. The fourth-order valence-corrected chi connectivity index (χ4v) is 2.46. The van der Waals surface area contributed by atoms with Crippen LogP contribution in [0.3, 0.4) is 0 Å². The molecule has 0 radical (unpaired) electrons. The molecule has 10 nitrogen and oxygen atoms in total. The number of carbonyl (C=O) groups excluding carboxylic acids is 1. The first kappa shape index (κ1) is 21.5. The summed E-state index contributed by atoms with van der Waals surface area (Å²) in [5.41, 5.74) is 1.38. The third-order valence-corrected chi connectivity index (χ3v) is 3.94. The van der Waals surface area contributed by atoms with Gasteiger partial charge >= 0.3 is 5.97 Å². The molecule has 0 heterocycles. The van der Waals surface area contributed by atoms with E-state index < -0.39 is 47.2 Å². The predicted molar refractivity (Wildman–Crippen MR) is 96.0 cm³/mol. The van der Waals surface area contributed by atoms with Gasteiger partial charge in [0, 0.05) is 5.56 Å². The Morgan fingerprint density at radius 3 is 2.34 bits per heavy atom. The Labute approximate surface area is 164 Å². The first-order valence-corrected chi connectivity index (χ1v) is 8.38. The summed E-state index contributed by atoms with van der Waals surface area (Å²) in [7, 11) is 0.